The first-order valence-corrected chi connectivity index (χ1v) is 7.66. The largest absolute Gasteiger partial charge is 0.492 e. The second kappa shape index (κ2) is 8.42. The van der Waals surface area contributed by atoms with E-state index >= 15 is 0 Å². The standard InChI is InChI=1S/C18H21FN2O3/c1-12-2-3-14(10-17(12)24-9-8-20)18(23)21-16(11-22)13-4-6-15(19)7-5-13/h2-7,10,16,22H,8-9,11,20H2,1H3,(H,21,23)/t16-/m0/s1. The molecule has 2 aromatic rings. The third kappa shape index (κ3) is 4.53. The molecule has 128 valence electrons. The summed E-state index contributed by atoms with van der Waals surface area (Å²) >= 11 is 0. The lowest BCUT2D eigenvalue weighted by Gasteiger charge is -2.17. The van der Waals surface area contributed by atoms with Crippen LogP contribution in [0.3, 0.4) is 0 Å². The van der Waals surface area contributed by atoms with Gasteiger partial charge in [-0.05, 0) is 42.3 Å². The number of ether oxygens (including phenoxy) is 1. The zero-order chi connectivity index (χ0) is 17.5. The Bertz CT molecular complexity index is 689. The normalized spacial score (nSPS) is 11.8. The van der Waals surface area contributed by atoms with Crippen LogP contribution in [-0.2, 0) is 0 Å². The molecule has 2 aromatic carbocycles. The predicted octanol–water partition coefficient (Wildman–Crippen LogP) is 1.94. The van der Waals surface area contributed by atoms with E-state index in [4.69, 9.17) is 10.5 Å². The highest BCUT2D eigenvalue weighted by Crippen LogP contribution is 2.20. The molecule has 6 heteroatoms. The summed E-state index contributed by atoms with van der Waals surface area (Å²) in [6, 6.07) is 10.1. The molecular formula is C18H21FN2O3. The summed E-state index contributed by atoms with van der Waals surface area (Å²) in [5, 5.41) is 12.2. The molecule has 0 unspecified atom stereocenters. The van der Waals surface area contributed by atoms with Gasteiger partial charge < -0.3 is 20.9 Å². The fraction of sp³-hybridized carbons (Fsp3) is 0.278. The molecule has 0 aromatic heterocycles. The Labute approximate surface area is 140 Å². The number of rotatable bonds is 7. The van der Waals surface area contributed by atoms with Crippen LogP contribution in [-0.4, -0.2) is 30.8 Å². The average molecular weight is 332 g/mol. The third-order valence-electron chi connectivity index (χ3n) is 3.59. The van der Waals surface area contributed by atoms with E-state index in [-0.39, 0.29) is 18.3 Å². The van der Waals surface area contributed by atoms with Crippen LogP contribution in [0.15, 0.2) is 42.5 Å². The van der Waals surface area contributed by atoms with Gasteiger partial charge in [-0.2, -0.15) is 0 Å². The topological polar surface area (TPSA) is 84.6 Å². The van der Waals surface area contributed by atoms with Gasteiger partial charge in [0.25, 0.3) is 5.91 Å². The molecule has 0 spiro atoms. The van der Waals surface area contributed by atoms with Gasteiger partial charge in [-0.3, -0.25) is 4.79 Å². The molecule has 1 amide bonds. The van der Waals surface area contributed by atoms with Gasteiger partial charge in [0.15, 0.2) is 0 Å². The van der Waals surface area contributed by atoms with E-state index in [1.165, 1.54) is 24.3 Å². The molecule has 0 aliphatic carbocycles. The summed E-state index contributed by atoms with van der Waals surface area (Å²) in [7, 11) is 0. The predicted molar refractivity (Wildman–Crippen MR) is 89.4 cm³/mol. The average Bonchev–Trinajstić information content (AvgIpc) is 2.59. The lowest BCUT2D eigenvalue weighted by molar-refractivity contribution is 0.0915. The molecule has 0 heterocycles. The van der Waals surface area contributed by atoms with Crippen LogP contribution < -0.4 is 15.8 Å². The zero-order valence-electron chi connectivity index (χ0n) is 13.5. The number of aryl methyl sites for hydroxylation is 1. The number of aliphatic hydroxyl groups excluding tert-OH is 1. The molecule has 4 N–H and O–H groups in total. The lowest BCUT2D eigenvalue weighted by Crippen LogP contribution is -2.30. The minimum atomic E-state index is -0.618. The number of hydrogen-bond acceptors (Lipinski definition) is 4. The first kappa shape index (κ1) is 17.9. The molecule has 0 fully saturated rings. The van der Waals surface area contributed by atoms with Gasteiger partial charge in [-0.25, -0.2) is 4.39 Å². The van der Waals surface area contributed by atoms with Gasteiger partial charge in [0.05, 0.1) is 12.6 Å². The number of carbonyl (C=O) groups excluding carboxylic acids is 1. The van der Waals surface area contributed by atoms with Gasteiger partial charge in [-0.15, -0.1) is 0 Å². The number of nitrogens with one attached hydrogen (secondary N) is 1. The summed E-state index contributed by atoms with van der Waals surface area (Å²) in [4.78, 5) is 12.4. The van der Waals surface area contributed by atoms with Crippen molar-refractivity contribution in [1.82, 2.24) is 5.32 Å². The number of aliphatic hydroxyl groups is 1. The summed E-state index contributed by atoms with van der Waals surface area (Å²) in [5.41, 5.74) is 7.36. The van der Waals surface area contributed by atoms with Crippen LogP contribution >= 0.6 is 0 Å². The minimum Gasteiger partial charge on any atom is -0.492 e. The molecule has 5 nitrogen and oxygen atoms in total. The van der Waals surface area contributed by atoms with E-state index in [1.807, 2.05) is 6.92 Å². The molecular weight excluding hydrogens is 311 g/mol. The Morgan fingerprint density at radius 1 is 1.29 bits per heavy atom. The third-order valence-corrected chi connectivity index (χ3v) is 3.59. The highest BCUT2D eigenvalue weighted by molar-refractivity contribution is 5.95. The van der Waals surface area contributed by atoms with E-state index in [1.54, 1.807) is 18.2 Å². The van der Waals surface area contributed by atoms with Crippen molar-refractivity contribution in [2.24, 2.45) is 5.73 Å². The SMILES string of the molecule is Cc1ccc(C(=O)N[C@@H](CO)c2ccc(F)cc2)cc1OCCN. The van der Waals surface area contributed by atoms with Crippen molar-refractivity contribution in [2.45, 2.75) is 13.0 Å². The van der Waals surface area contributed by atoms with Crippen LogP contribution in [0.25, 0.3) is 0 Å². The molecule has 0 aliphatic heterocycles. The monoisotopic (exact) mass is 332 g/mol. The van der Waals surface area contributed by atoms with Gasteiger partial charge in [-0.1, -0.05) is 18.2 Å². The van der Waals surface area contributed by atoms with E-state index in [9.17, 15) is 14.3 Å². The maximum atomic E-state index is 13.0. The molecule has 2 rings (SSSR count). The van der Waals surface area contributed by atoms with Crippen molar-refractivity contribution < 1.29 is 19.0 Å². The summed E-state index contributed by atoms with van der Waals surface area (Å²) in [6.07, 6.45) is 0. The summed E-state index contributed by atoms with van der Waals surface area (Å²) in [6.45, 7) is 2.33. The molecule has 0 radical (unpaired) electrons. The van der Waals surface area contributed by atoms with E-state index in [0.29, 0.717) is 30.0 Å². The summed E-state index contributed by atoms with van der Waals surface area (Å²) in [5.74, 6) is -0.131. The van der Waals surface area contributed by atoms with Crippen molar-refractivity contribution in [2.75, 3.05) is 19.8 Å². The number of nitrogens with two attached hydrogens (primary N) is 1. The van der Waals surface area contributed by atoms with Gasteiger partial charge in [0, 0.05) is 12.1 Å². The van der Waals surface area contributed by atoms with E-state index < -0.39 is 6.04 Å². The molecule has 0 saturated carbocycles. The van der Waals surface area contributed by atoms with Gasteiger partial charge in [0.1, 0.15) is 18.2 Å². The zero-order valence-corrected chi connectivity index (χ0v) is 13.5. The van der Waals surface area contributed by atoms with E-state index in [0.717, 1.165) is 5.56 Å². The molecule has 1 atom stereocenters. The quantitative estimate of drug-likeness (QED) is 0.723. The number of halogens is 1. The van der Waals surface area contributed by atoms with Gasteiger partial charge in [0.2, 0.25) is 0 Å². The van der Waals surface area contributed by atoms with Crippen molar-refractivity contribution in [3.8, 4) is 5.75 Å². The van der Waals surface area contributed by atoms with Crippen LogP contribution in [0, 0.1) is 12.7 Å². The number of amides is 1. The second-order valence-corrected chi connectivity index (χ2v) is 5.38. The summed E-state index contributed by atoms with van der Waals surface area (Å²) < 4.78 is 18.5. The highest BCUT2D eigenvalue weighted by atomic mass is 19.1. The first-order valence-electron chi connectivity index (χ1n) is 7.66. The van der Waals surface area contributed by atoms with Crippen molar-refractivity contribution in [3.63, 3.8) is 0 Å². The maximum Gasteiger partial charge on any atom is 0.251 e. The van der Waals surface area contributed by atoms with Gasteiger partial charge >= 0.3 is 0 Å². The second-order valence-electron chi connectivity index (χ2n) is 5.38. The molecule has 0 bridgehead atoms. The first-order chi connectivity index (χ1) is 11.5. The van der Waals surface area contributed by atoms with Crippen LogP contribution in [0.1, 0.15) is 27.5 Å². The molecule has 24 heavy (non-hydrogen) atoms. The van der Waals surface area contributed by atoms with Crippen molar-refractivity contribution >= 4 is 5.91 Å². The minimum absolute atomic E-state index is 0.292. The fourth-order valence-corrected chi connectivity index (χ4v) is 2.24. The van der Waals surface area contributed by atoms with Crippen molar-refractivity contribution in [3.05, 3.63) is 65.0 Å². The van der Waals surface area contributed by atoms with Crippen LogP contribution in [0.4, 0.5) is 4.39 Å². The number of carbonyl (C=O) groups is 1. The molecule has 0 saturated heterocycles. The Balaban J connectivity index is 2.14. The Hall–Kier alpha value is -2.44. The Kier molecular flexibility index (Phi) is 6.28. The smallest absolute Gasteiger partial charge is 0.251 e. The van der Waals surface area contributed by atoms with Crippen LogP contribution in [0.5, 0.6) is 5.75 Å². The number of hydrogen-bond donors (Lipinski definition) is 3. The highest BCUT2D eigenvalue weighted by Gasteiger charge is 2.16. The lowest BCUT2D eigenvalue weighted by atomic mass is 10.1. The maximum absolute atomic E-state index is 13.0. The van der Waals surface area contributed by atoms with E-state index in [2.05, 4.69) is 5.32 Å². The Morgan fingerprint density at radius 3 is 2.62 bits per heavy atom. The van der Waals surface area contributed by atoms with Crippen LogP contribution in [0.2, 0.25) is 0 Å². The Morgan fingerprint density at radius 2 is 2.00 bits per heavy atom. The van der Waals surface area contributed by atoms with Crippen molar-refractivity contribution in [1.29, 1.82) is 0 Å². The number of benzene rings is 2. The molecule has 0 aliphatic rings. The fourth-order valence-electron chi connectivity index (χ4n) is 2.24.